The largest absolute Gasteiger partial charge is 0.460 e. The minimum atomic E-state index is -0.587. The van der Waals surface area contributed by atoms with Gasteiger partial charge in [0.1, 0.15) is 29.9 Å². The van der Waals surface area contributed by atoms with Crippen LogP contribution in [0.4, 0.5) is 16.4 Å². The van der Waals surface area contributed by atoms with E-state index in [0.29, 0.717) is 85.8 Å². The number of anilines is 1. The summed E-state index contributed by atoms with van der Waals surface area (Å²) in [4.78, 5) is 23.9. The molecule has 0 unspecified atom stereocenters. The van der Waals surface area contributed by atoms with Crippen LogP contribution in [0, 0.1) is 36.5 Å². The molecular formula is C30H37N5O7S. The van der Waals surface area contributed by atoms with Gasteiger partial charge in [-0.1, -0.05) is 0 Å². The molecule has 2 aromatic rings. The lowest BCUT2D eigenvalue weighted by molar-refractivity contribution is -0.139. The summed E-state index contributed by atoms with van der Waals surface area (Å²) in [6.07, 6.45) is 2.62. The van der Waals surface area contributed by atoms with Gasteiger partial charge < -0.3 is 28.6 Å². The maximum atomic E-state index is 11.1. The molecule has 1 aromatic carbocycles. The second-order valence-corrected chi connectivity index (χ2v) is 9.82. The van der Waals surface area contributed by atoms with E-state index in [1.54, 1.807) is 6.92 Å². The van der Waals surface area contributed by atoms with Crippen molar-refractivity contribution in [3.05, 3.63) is 51.9 Å². The molecule has 12 nitrogen and oxygen atoms in total. The van der Waals surface area contributed by atoms with Crippen LogP contribution in [0.3, 0.4) is 0 Å². The van der Waals surface area contributed by atoms with Gasteiger partial charge in [0.25, 0.3) is 0 Å². The van der Waals surface area contributed by atoms with E-state index in [0.717, 1.165) is 29.9 Å². The topological polar surface area (TPSA) is 156 Å². The molecule has 230 valence electrons. The molecule has 1 heterocycles. The highest BCUT2D eigenvalue weighted by molar-refractivity contribution is 7.16. The first-order valence-corrected chi connectivity index (χ1v) is 14.6. The number of esters is 1. The zero-order valence-electron chi connectivity index (χ0n) is 24.7. The van der Waals surface area contributed by atoms with Crippen LogP contribution < -0.4 is 4.90 Å². The van der Waals surface area contributed by atoms with Crippen LogP contribution >= 0.6 is 11.3 Å². The predicted molar refractivity (Wildman–Crippen MR) is 161 cm³/mol. The van der Waals surface area contributed by atoms with Crippen molar-refractivity contribution in [1.29, 1.82) is 10.5 Å². The SMILES string of the molecule is CCN(CCOCCOCCOCCOCCOC(=O)/C=C\C=O)c1ccc(N=Nc2sc(C#N)c(C)c2C#N)c(C)c1. The van der Waals surface area contributed by atoms with E-state index < -0.39 is 5.97 Å². The smallest absolute Gasteiger partial charge is 0.330 e. The molecule has 0 spiro atoms. The Bertz CT molecular complexity index is 1310. The van der Waals surface area contributed by atoms with Gasteiger partial charge in [-0.25, -0.2) is 4.79 Å². The van der Waals surface area contributed by atoms with E-state index in [2.05, 4.69) is 34.2 Å². The van der Waals surface area contributed by atoms with Gasteiger partial charge in [0.05, 0.1) is 64.1 Å². The van der Waals surface area contributed by atoms with Crippen molar-refractivity contribution in [2.75, 3.05) is 77.5 Å². The molecular weight excluding hydrogens is 574 g/mol. The third kappa shape index (κ3) is 12.8. The summed E-state index contributed by atoms with van der Waals surface area (Å²) in [7, 11) is 0. The van der Waals surface area contributed by atoms with Crippen molar-refractivity contribution in [2.45, 2.75) is 20.8 Å². The Morgan fingerprint density at radius 2 is 1.56 bits per heavy atom. The number of allylic oxidation sites excluding steroid dienone is 1. The fourth-order valence-electron chi connectivity index (χ4n) is 3.63. The molecule has 0 saturated heterocycles. The molecule has 13 heteroatoms. The van der Waals surface area contributed by atoms with Crippen LogP contribution in [0.15, 0.2) is 40.6 Å². The molecule has 2 rings (SSSR count). The van der Waals surface area contributed by atoms with Gasteiger partial charge in [0, 0.05) is 24.9 Å². The van der Waals surface area contributed by atoms with Crippen LogP contribution in [0.2, 0.25) is 0 Å². The average molecular weight is 612 g/mol. The number of ether oxygens (including phenoxy) is 5. The first-order valence-electron chi connectivity index (χ1n) is 13.8. The van der Waals surface area contributed by atoms with E-state index in [1.165, 1.54) is 11.3 Å². The number of hydrogen-bond acceptors (Lipinski definition) is 13. The molecule has 43 heavy (non-hydrogen) atoms. The van der Waals surface area contributed by atoms with E-state index >= 15 is 0 Å². The second kappa shape index (κ2) is 20.8. The van der Waals surface area contributed by atoms with Gasteiger partial charge in [-0.3, -0.25) is 4.79 Å². The van der Waals surface area contributed by atoms with Crippen LogP contribution in [0.1, 0.15) is 28.5 Å². The summed E-state index contributed by atoms with van der Waals surface area (Å²) in [5.41, 5.74) is 3.71. The molecule has 0 N–H and O–H groups in total. The molecule has 0 fully saturated rings. The van der Waals surface area contributed by atoms with Crippen molar-refractivity contribution in [2.24, 2.45) is 10.2 Å². The lowest BCUT2D eigenvalue weighted by Crippen LogP contribution is -2.27. The maximum Gasteiger partial charge on any atom is 0.330 e. The standard InChI is InChI=1S/C30H37N5O7S/c1-4-35(9-11-38-12-13-39-14-15-40-16-17-41-18-19-42-29(37)6-5-10-36)25-7-8-27(23(2)20-25)33-34-30-26(21-31)24(3)28(22-32)43-30/h5-8,10,20H,4,9,11-19H2,1-3H3/b6-5-,34-33?. The van der Waals surface area contributed by atoms with Gasteiger partial charge in [-0.15, -0.1) is 21.6 Å². The molecule has 0 aliphatic heterocycles. The zero-order chi connectivity index (χ0) is 31.3. The highest BCUT2D eigenvalue weighted by Crippen LogP contribution is 2.36. The summed E-state index contributed by atoms with van der Waals surface area (Å²) in [5.74, 6) is -0.587. The zero-order valence-corrected chi connectivity index (χ0v) is 25.6. The van der Waals surface area contributed by atoms with E-state index in [1.807, 2.05) is 25.1 Å². The number of thiophene rings is 1. The minimum Gasteiger partial charge on any atom is -0.460 e. The Labute approximate surface area is 256 Å². The number of aldehydes is 1. The number of carbonyl (C=O) groups is 2. The Hall–Kier alpha value is -3.98. The molecule has 1 aromatic heterocycles. The van der Waals surface area contributed by atoms with Gasteiger partial charge in [-0.2, -0.15) is 10.5 Å². The Morgan fingerprint density at radius 3 is 2.12 bits per heavy atom. The summed E-state index contributed by atoms with van der Waals surface area (Å²) in [5, 5.41) is 27.7. The summed E-state index contributed by atoms with van der Waals surface area (Å²) in [6.45, 7) is 10.8. The molecule has 0 radical (unpaired) electrons. The third-order valence-corrected chi connectivity index (χ3v) is 7.00. The summed E-state index contributed by atoms with van der Waals surface area (Å²) < 4.78 is 26.8. The number of carbonyl (C=O) groups excluding carboxylic acids is 2. The molecule has 0 atom stereocenters. The van der Waals surface area contributed by atoms with Crippen molar-refractivity contribution >= 4 is 40.0 Å². The molecule has 0 saturated carbocycles. The fourth-order valence-corrected chi connectivity index (χ4v) is 4.50. The van der Waals surface area contributed by atoms with Gasteiger partial charge in [0.2, 0.25) is 0 Å². The maximum absolute atomic E-state index is 11.1. The van der Waals surface area contributed by atoms with Crippen molar-refractivity contribution in [3.8, 4) is 12.1 Å². The van der Waals surface area contributed by atoms with E-state index in [4.69, 9.17) is 23.7 Å². The van der Waals surface area contributed by atoms with Gasteiger partial charge in [0.15, 0.2) is 5.00 Å². The second-order valence-electron chi connectivity index (χ2n) is 8.82. The highest BCUT2D eigenvalue weighted by atomic mass is 32.1. The number of hydrogen-bond donors (Lipinski definition) is 0. The number of aryl methyl sites for hydroxylation is 1. The highest BCUT2D eigenvalue weighted by Gasteiger charge is 2.14. The van der Waals surface area contributed by atoms with Gasteiger partial charge in [-0.05, 0) is 56.2 Å². The van der Waals surface area contributed by atoms with Crippen LogP contribution in [-0.4, -0.2) is 84.8 Å². The monoisotopic (exact) mass is 611 g/mol. The number of likely N-dealkylation sites (N-methyl/N-ethyl adjacent to an activating group) is 1. The van der Waals surface area contributed by atoms with Crippen molar-refractivity contribution < 1.29 is 33.3 Å². The number of nitriles is 2. The van der Waals surface area contributed by atoms with Crippen LogP contribution in [0.25, 0.3) is 0 Å². The number of benzene rings is 1. The number of nitrogens with zero attached hydrogens (tertiary/aromatic N) is 5. The number of azo groups is 1. The normalized spacial score (nSPS) is 11.1. The quantitative estimate of drug-likeness (QED) is 0.0636. The summed E-state index contributed by atoms with van der Waals surface area (Å²) in [6, 6.07) is 10.1. The molecule has 0 aliphatic rings. The van der Waals surface area contributed by atoms with Crippen molar-refractivity contribution in [1.82, 2.24) is 0 Å². The first-order chi connectivity index (χ1) is 20.9. The Morgan fingerprint density at radius 1 is 0.930 bits per heavy atom. The first kappa shape index (κ1) is 35.2. The third-order valence-electron chi connectivity index (χ3n) is 5.92. The number of rotatable bonds is 21. The van der Waals surface area contributed by atoms with E-state index in [9.17, 15) is 20.1 Å². The molecule has 0 aliphatic carbocycles. The van der Waals surface area contributed by atoms with Crippen LogP contribution in [-0.2, 0) is 33.3 Å². The van der Waals surface area contributed by atoms with Gasteiger partial charge >= 0.3 is 5.97 Å². The Kier molecular flexibility index (Phi) is 17.1. The minimum absolute atomic E-state index is 0.105. The van der Waals surface area contributed by atoms with E-state index in [-0.39, 0.29) is 13.2 Å². The Balaban J connectivity index is 1.59. The summed E-state index contributed by atoms with van der Waals surface area (Å²) >= 11 is 1.17. The fraction of sp³-hybridized carbons (Fsp3) is 0.467. The lowest BCUT2D eigenvalue weighted by atomic mass is 10.1. The lowest BCUT2D eigenvalue weighted by Gasteiger charge is -2.23. The molecule has 0 amide bonds. The predicted octanol–water partition coefficient (Wildman–Crippen LogP) is 4.71. The van der Waals surface area contributed by atoms with Crippen LogP contribution in [0.5, 0.6) is 0 Å². The van der Waals surface area contributed by atoms with Crippen molar-refractivity contribution in [3.63, 3.8) is 0 Å². The average Bonchev–Trinajstić information content (AvgIpc) is 3.33. The molecule has 0 bridgehead atoms.